The summed E-state index contributed by atoms with van der Waals surface area (Å²) in [6.07, 6.45) is 3.63. The first-order valence-corrected chi connectivity index (χ1v) is 8.89. The molecule has 4 rings (SSSR count). The molecule has 5 nitrogen and oxygen atoms in total. The Morgan fingerprint density at radius 3 is 2.71 bits per heavy atom. The summed E-state index contributed by atoms with van der Waals surface area (Å²) in [5.74, 6) is 0.663. The maximum atomic E-state index is 10.7. The Morgan fingerprint density at radius 1 is 1.17 bits per heavy atom. The maximum absolute atomic E-state index is 10.7. The van der Waals surface area contributed by atoms with Crippen LogP contribution in [0.15, 0.2) is 47.2 Å². The minimum Gasteiger partial charge on any atom is -0.258 e. The molecular formula is C17H10N3O2S2. The van der Waals surface area contributed by atoms with Gasteiger partial charge in [-0.2, -0.15) is 0 Å². The number of nitro groups is 1. The van der Waals surface area contributed by atoms with Crippen molar-refractivity contribution in [1.29, 1.82) is 0 Å². The normalized spacial score (nSPS) is 11.0. The Labute approximate surface area is 145 Å². The molecule has 0 unspecified atom stereocenters. The third-order valence-electron chi connectivity index (χ3n) is 3.60. The van der Waals surface area contributed by atoms with Crippen LogP contribution >= 0.6 is 22.7 Å². The van der Waals surface area contributed by atoms with Gasteiger partial charge in [-0.1, -0.05) is 18.2 Å². The number of non-ortho nitro benzene ring substituents is 1. The van der Waals surface area contributed by atoms with Gasteiger partial charge in [-0.15, -0.1) is 22.7 Å². The Hall–Kier alpha value is -2.64. The van der Waals surface area contributed by atoms with Gasteiger partial charge in [0.1, 0.15) is 16.9 Å². The van der Waals surface area contributed by atoms with Crippen molar-refractivity contribution < 1.29 is 4.92 Å². The maximum Gasteiger partial charge on any atom is 0.269 e. The van der Waals surface area contributed by atoms with Gasteiger partial charge < -0.3 is 0 Å². The van der Waals surface area contributed by atoms with E-state index in [1.54, 1.807) is 34.8 Å². The molecule has 3 heterocycles. The van der Waals surface area contributed by atoms with Crippen molar-refractivity contribution >= 4 is 38.6 Å². The molecule has 0 atom stereocenters. The van der Waals surface area contributed by atoms with Crippen LogP contribution in [0.5, 0.6) is 0 Å². The summed E-state index contributed by atoms with van der Waals surface area (Å²) < 4.78 is 0. The van der Waals surface area contributed by atoms with Crippen LogP contribution in [0.4, 0.5) is 5.69 Å². The van der Waals surface area contributed by atoms with Gasteiger partial charge in [0.05, 0.1) is 4.92 Å². The number of rotatable bonds is 4. The zero-order valence-corrected chi connectivity index (χ0v) is 13.9. The number of thiophene rings is 2. The van der Waals surface area contributed by atoms with Gasteiger partial charge in [0.2, 0.25) is 0 Å². The quantitative estimate of drug-likeness (QED) is 0.394. The SMILES string of the molecule is O=[N+]([O-])c1ccc(Cc2n[c]c3c(-c4cccs4)csc3n2)cc1. The smallest absolute Gasteiger partial charge is 0.258 e. The first-order chi connectivity index (χ1) is 11.7. The molecule has 0 N–H and O–H groups in total. The fourth-order valence-electron chi connectivity index (χ4n) is 2.41. The molecule has 0 saturated heterocycles. The first kappa shape index (κ1) is 14.9. The van der Waals surface area contributed by atoms with Gasteiger partial charge in [-0.05, 0) is 17.0 Å². The van der Waals surface area contributed by atoms with Gasteiger partial charge in [0, 0.05) is 39.8 Å². The molecule has 0 fully saturated rings. The molecule has 117 valence electrons. The topological polar surface area (TPSA) is 68.9 Å². The van der Waals surface area contributed by atoms with E-state index in [2.05, 4.69) is 27.6 Å². The number of hydrogen-bond donors (Lipinski definition) is 0. The summed E-state index contributed by atoms with van der Waals surface area (Å²) in [6, 6.07) is 10.6. The molecule has 0 aliphatic rings. The molecule has 1 aromatic carbocycles. The molecule has 7 heteroatoms. The minimum absolute atomic E-state index is 0.0838. The third-order valence-corrected chi connectivity index (χ3v) is 5.37. The molecule has 0 saturated carbocycles. The van der Waals surface area contributed by atoms with Crippen LogP contribution in [0.25, 0.3) is 20.7 Å². The summed E-state index contributed by atoms with van der Waals surface area (Å²) in [6.45, 7) is 0. The average molecular weight is 352 g/mol. The highest BCUT2D eigenvalue weighted by molar-refractivity contribution is 7.18. The van der Waals surface area contributed by atoms with E-state index in [-0.39, 0.29) is 5.69 Å². The number of fused-ring (bicyclic) bond motifs is 1. The predicted octanol–water partition coefficient (Wildman–Crippen LogP) is 4.72. The summed E-state index contributed by atoms with van der Waals surface area (Å²) in [7, 11) is 0. The van der Waals surface area contributed by atoms with Crippen molar-refractivity contribution in [1.82, 2.24) is 9.97 Å². The molecule has 0 aliphatic carbocycles. The zero-order chi connectivity index (χ0) is 16.5. The van der Waals surface area contributed by atoms with Crippen LogP contribution in [-0.2, 0) is 6.42 Å². The standard InChI is InChI=1S/C17H10N3O2S2/c21-20(22)12-5-3-11(4-6-12)8-16-18-9-13-14(10-24-17(13)19-16)15-2-1-7-23-15/h1-7,10H,8H2. The molecule has 0 amide bonds. The summed E-state index contributed by atoms with van der Waals surface area (Å²) in [5, 5.41) is 15.8. The first-order valence-electron chi connectivity index (χ1n) is 7.14. The zero-order valence-electron chi connectivity index (χ0n) is 12.3. The van der Waals surface area contributed by atoms with E-state index in [4.69, 9.17) is 0 Å². The number of aromatic nitrogens is 2. The van der Waals surface area contributed by atoms with E-state index in [0.29, 0.717) is 12.2 Å². The van der Waals surface area contributed by atoms with Crippen LogP contribution in [0, 0.1) is 16.3 Å². The van der Waals surface area contributed by atoms with Crippen molar-refractivity contribution in [3.05, 3.63) is 74.9 Å². The summed E-state index contributed by atoms with van der Waals surface area (Å²) in [4.78, 5) is 21.3. The highest BCUT2D eigenvalue weighted by Crippen LogP contribution is 2.34. The number of nitro benzene ring substituents is 1. The van der Waals surface area contributed by atoms with E-state index in [0.717, 1.165) is 21.3 Å². The van der Waals surface area contributed by atoms with Crippen molar-refractivity contribution in [2.75, 3.05) is 0 Å². The summed E-state index contributed by atoms with van der Waals surface area (Å²) >= 11 is 3.26. The van der Waals surface area contributed by atoms with Crippen molar-refractivity contribution in [2.24, 2.45) is 0 Å². The van der Waals surface area contributed by atoms with E-state index >= 15 is 0 Å². The fourth-order valence-corrected chi connectivity index (χ4v) is 4.14. The van der Waals surface area contributed by atoms with Crippen molar-refractivity contribution in [3.8, 4) is 10.4 Å². The van der Waals surface area contributed by atoms with Gasteiger partial charge in [0.15, 0.2) is 0 Å². The highest BCUT2D eigenvalue weighted by atomic mass is 32.1. The second kappa shape index (κ2) is 6.10. The number of nitrogens with zero attached hydrogens (tertiary/aromatic N) is 3. The van der Waals surface area contributed by atoms with E-state index < -0.39 is 4.92 Å². The fraction of sp³-hybridized carbons (Fsp3) is 0.0588. The van der Waals surface area contributed by atoms with E-state index in [1.807, 2.05) is 11.4 Å². The van der Waals surface area contributed by atoms with Crippen LogP contribution in [-0.4, -0.2) is 14.9 Å². The third kappa shape index (κ3) is 2.79. The van der Waals surface area contributed by atoms with Gasteiger partial charge in [0.25, 0.3) is 5.69 Å². The Balaban J connectivity index is 1.62. The molecule has 0 bridgehead atoms. The Kier molecular flexibility index (Phi) is 3.79. The van der Waals surface area contributed by atoms with Gasteiger partial charge in [-0.25, -0.2) is 9.97 Å². The van der Waals surface area contributed by atoms with Crippen LogP contribution in [0.1, 0.15) is 11.4 Å². The van der Waals surface area contributed by atoms with Crippen LogP contribution in [0.2, 0.25) is 0 Å². The Bertz CT molecular complexity index is 1010. The predicted molar refractivity (Wildman–Crippen MR) is 95.5 cm³/mol. The molecule has 4 aromatic rings. The number of benzene rings is 1. The van der Waals surface area contributed by atoms with Gasteiger partial charge in [-0.3, -0.25) is 10.1 Å². The van der Waals surface area contributed by atoms with Crippen LogP contribution < -0.4 is 0 Å². The lowest BCUT2D eigenvalue weighted by Crippen LogP contribution is -1.96. The minimum atomic E-state index is -0.405. The monoisotopic (exact) mass is 352 g/mol. The molecule has 3 aromatic heterocycles. The largest absolute Gasteiger partial charge is 0.269 e. The summed E-state index contributed by atoms with van der Waals surface area (Å²) in [5.41, 5.74) is 2.14. The van der Waals surface area contributed by atoms with Crippen molar-refractivity contribution in [3.63, 3.8) is 0 Å². The van der Waals surface area contributed by atoms with E-state index in [1.165, 1.54) is 17.0 Å². The lowest BCUT2D eigenvalue weighted by Gasteiger charge is -2.01. The van der Waals surface area contributed by atoms with Gasteiger partial charge >= 0.3 is 0 Å². The molecular weight excluding hydrogens is 342 g/mol. The Morgan fingerprint density at radius 2 is 2.00 bits per heavy atom. The second-order valence-electron chi connectivity index (χ2n) is 5.16. The molecule has 0 aliphatic heterocycles. The lowest BCUT2D eigenvalue weighted by molar-refractivity contribution is -0.384. The van der Waals surface area contributed by atoms with E-state index in [9.17, 15) is 10.1 Å². The highest BCUT2D eigenvalue weighted by Gasteiger charge is 2.11. The molecule has 1 radical (unpaired) electrons. The molecule has 24 heavy (non-hydrogen) atoms. The van der Waals surface area contributed by atoms with Crippen LogP contribution in [0.3, 0.4) is 0 Å². The average Bonchev–Trinajstić information content (AvgIpc) is 3.24. The number of hydrogen-bond acceptors (Lipinski definition) is 6. The molecule has 0 spiro atoms. The lowest BCUT2D eigenvalue weighted by atomic mass is 10.1. The van der Waals surface area contributed by atoms with Crippen molar-refractivity contribution in [2.45, 2.75) is 6.42 Å². The second-order valence-corrected chi connectivity index (χ2v) is 6.96.